The Morgan fingerprint density at radius 1 is 1.32 bits per heavy atom. The fraction of sp³-hybridized carbons (Fsp3) is 0.562. The zero-order valence-corrected chi connectivity index (χ0v) is 12.7. The Morgan fingerprint density at radius 2 is 2.00 bits per heavy atom. The first kappa shape index (κ1) is 15.5. The van der Waals surface area contributed by atoms with Gasteiger partial charge in [0.25, 0.3) is 0 Å². The molecule has 0 amide bonds. The highest BCUT2D eigenvalue weighted by molar-refractivity contribution is 5.77. The van der Waals surface area contributed by atoms with Gasteiger partial charge >= 0.3 is 0 Å². The van der Waals surface area contributed by atoms with Gasteiger partial charge in [-0.1, -0.05) is 51.5 Å². The quantitative estimate of drug-likeness (QED) is 0.470. The second-order valence-corrected chi connectivity index (χ2v) is 5.68. The average Bonchev–Trinajstić information content (AvgIpc) is 2.37. The third-order valence-corrected chi connectivity index (χ3v) is 3.36. The Balaban J connectivity index is 2.64. The van der Waals surface area contributed by atoms with Gasteiger partial charge in [-0.25, -0.2) is 0 Å². The minimum absolute atomic E-state index is 0.00238. The van der Waals surface area contributed by atoms with Gasteiger partial charge in [0.15, 0.2) is 5.96 Å². The average molecular weight is 261 g/mol. The highest BCUT2D eigenvalue weighted by Crippen LogP contribution is 2.26. The Bertz CT molecular complexity index is 422. The number of nitrogens with two attached hydrogens (primary N) is 1. The first-order chi connectivity index (χ1) is 8.97. The van der Waals surface area contributed by atoms with Gasteiger partial charge in [0.05, 0.1) is 6.54 Å². The van der Waals surface area contributed by atoms with E-state index in [2.05, 4.69) is 62.3 Å². The van der Waals surface area contributed by atoms with Crippen LogP contribution in [0.5, 0.6) is 0 Å². The van der Waals surface area contributed by atoms with Crippen LogP contribution in [0, 0.1) is 6.92 Å². The van der Waals surface area contributed by atoms with Crippen molar-refractivity contribution in [2.45, 2.75) is 46.0 Å². The molecule has 0 fully saturated rings. The SMILES string of the molecule is CCCCNC(N)=NCC(C)(C)c1ccccc1C. The lowest BCUT2D eigenvalue weighted by Crippen LogP contribution is -2.34. The summed E-state index contributed by atoms with van der Waals surface area (Å²) in [5.41, 5.74) is 8.52. The van der Waals surface area contributed by atoms with E-state index in [-0.39, 0.29) is 5.41 Å². The lowest BCUT2D eigenvalue weighted by atomic mass is 9.82. The molecule has 106 valence electrons. The molecule has 0 aromatic heterocycles. The third-order valence-electron chi connectivity index (χ3n) is 3.36. The number of unbranched alkanes of at least 4 members (excludes halogenated alkanes) is 1. The maximum absolute atomic E-state index is 5.88. The lowest BCUT2D eigenvalue weighted by Gasteiger charge is -2.25. The van der Waals surface area contributed by atoms with E-state index in [0.717, 1.165) is 19.4 Å². The maximum atomic E-state index is 5.88. The summed E-state index contributed by atoms with van der Waals surface area (Å²) in [6.07, 6.45) is 2.28. The molecule has 0 radical (unpaired) electrons. The van der Waals surface area contributed by atoms with Crippen LogP contribution in [0.1, 0.15) is 44.7 Å². The first-order valence-electron chi connectivity index (χ1n) is 7.07. The molecule has 1 aromatic carbocycles. The van der Waals surface area contributed by atoms with Gasteiger partial charge in [-0.3, -0.25) is 4.99 Å². The number of nitrogens with zero attached hydrogens (tertiary/aromatic N) is 1. The van der Waals surface area contributed by atoms with Crippen molar-refractivity contribution in [3.8, 4) is 0 Å². The van der Waals surface area contributed by atoms with Gasteiger partial charge in [-0.15, -0.1) is 0 Å². The van der Waals surface area contributed by atoms with Crippen molar-refractivity contribution in [2.24, 2.45) is 10.7 Å². The molecule has 0 aliphatic rings. The van der Waals surface area contributed by atoms with E-state index in [1.54, 1.807) is 0 Å². The highest BCUT2D eigenvalue weighted by atomic mass is 15.1. The van der Waals surface area contributed by atoms with Crippen LogP contribution >= 0.6 is 0 Å². The largest absolute Gasteiger partial charge is 0.370 e. The molecule has 3 N–H and O–H groups in total. The molecule has 0 unspecified atom stereocenters. The zero-order valence-electron chi connectivity index (χ0n) is 12.7. The van der Waals surface area contributed by atoms with Crippen molar-refractivity contribution in [3.63, 3.8) is 0 Å². The molecule has 0 saturated carbocycles. The Kier molecular flexibility index (Phi) is 5.87. The maximum Gasteiger partial charge on any atom is 0.188 e. The summed E-state index contributed by atoms with van der Waals surface area (Å²) in [4.78, 5) is 4.47. The predicted octanol–water partition coefficient (Wildman–Crippen LogP) is 2.98. The van der Waals surface area contributed by atoms with Crippen molar-refractivity contribution < 1.29 is 0 Å². The monoisotopic (exact) mass is 261 g/mol. The molecular formula is C16H27N3. The van der Waals surface area contributed by atoms with Crippen molar-refractivity contribution in [1.29, 1.82) is 0 Å². The predicted molar refractivity (Wildman–Crippen MR) is 83.6 cm³/mol. The summed E-state index contributed by atoms with van der Waals surface area (Å²) in [5.74, 6) is 0.551. The standard InChI is InChI=1S/C16H27N3/c1-5-6-11-18-15(17)19-12-16(3,4)14-10-8-7-9-13(14)2/h7-10H,5-6,11-12H2,1-4H3,(H3,17,18,19). The van der Waals surface area contributed by atoms with E-state index in [0.29, 0.717) is 12.5 Å². The van der Waals surface area contributed by atoms with Crippen molar-refractivity contribution in [2.75, 3.05) is 13.1 Å². The van der Waals surface area contributed by atoms with E-state index in [1.165, 1.54) is 11.1 Å². The van der Waals surface area contributed by atoms with Crippen molar-refractivity contribution in [1.82, 2.24) is 5.32 Å². The van der Waals surface area contributed by atoms with Gasteiger partial charge in [0.2, 0.25) is 0 Å². The van der Waals surface area contributed by atoms with E-state index in [9.17, 15) is 0 Å². The molecule has 3 heteroatoms. The number of aliphatic imine (C=N–C) groups is 1. The Hall–Kier alpha value is -1.51. The number of rotatable bonds is 6. The first-order valence-corrected chi connectivity index (χ1v) is 7.07. The van der Waals surface area contributed by atoms with Crippen LogP contribution in [0.3, 0.4) is 0 Å². The number of hydrogen-bond acceptors (Lipinski definition) is 1. The van der Waals surface area contributed by atoms with Gasteiger partial charge in [-0.2, -0.15) is 0 Å². The topological polar surface area (TPSA) is 50.4 Å². The lowest BCUT2D eigenvalue weighted by molar-refractivity contribution is 0.535. The minimum Gasteiger partial charge on any atom is -0.370 e. The highest BCUT2D eigenvalue weighted by Gasteiger charge is 2.21. The van der Waals surface area contributed by atoms with Gasteiger partial charge in [0.1, 0.15) is 0 Å². The molecule has 0 heterocycles. The molecular weight excluding hydrogens is 234 g/mol. The Morgan fingerprint density at radius 3 is 2.63 bits per heavy atom. The second-order valence-electron chi connectivity index (χ2n) is 5.68. The van der Waals surface area contributed by atoms with Crippen LogP contribution in [0.2, 0.25) is 0 Å². The fourth-order valence-electron chi connectivity index (χ4n) is 2.15. The zero-order chi connectivity index (χ0) is 14.3. The molecule has 19 heavy (non-hydrogen) atoms. The van der Waals surface area contributed by atoms with Crippen LogP contribution in [0.4, 0.5) is 0 Å². The van der Waals surface area contributed by atoms with Gasteiger partial charge in [-0.05, 0) is 24.5 Å². The number of nitrogens with one attached hydrogen (secondary N) is 1. The summed E-state index contributed by atoms with van der Waals surface area (Å²) in [7, 11) is 0. The van der Waals surface area contributed by atoms with Crippen LogP contribution in [-0.4, -0.2) is 19.0 Å². The van der Waals surface area contributed by atoms with E-state index in [1.807, 2.05) is 0 Å². The summed E-state index contributed by atoms with van der Waals surface area (Å²) in [6, 6.07) is 8.46. The summed E-state index contributed by atoms with van der Waals surface area (Å²) in [5, 5.41) is 3.15. The number of aryl methyl sites for hydroxylation is 1. The summed E-state index contributed by atoms with van der Waals surface area (Å²) in [6.45, 7) is 10.3. The van der Waals surface area contributed by atoms with Gasteiger partial charge in [0, 0.05) is 12.0 Å². The second kappa shape index (κ2) is 7.17. The molecule has 0 atom stereocenters. The fourth-order valence-corrected chi connectivity index (χ4v) is 2.15. The number of benzene rings is 1. The minimum atomic E-state index is 0.00238. The smallest absolute Gasteiger partial charge is 0.188 e. The van der Waals surface area contributed by atoms with Crippen molar-refractivity contribution >= 4 is 5.96 Å². The molecule has 0 bridgehead atoms. The molecule has 1 aromatic rings. The van der Waals surface area contributed by atoms with Crippen molar-refractivity contribution in [3.05, 3.63) is 35.4 Å². The third kappa shape index (κ3) is 4.93. The number of guanidine groups is 1. The molecule has 1 rings (SSSR count). The molecule has 0 aliphatic heterocycles. The number of hydrogen-bond donors (Lipinski definition) is 2. The molecule has 0 aliphatic carbocycles. The summed E-state index contributed by atoms with van der Waals surface area (Å²) < 4.78 is 0. The normalized spacial score (nSPS) is 12.5. The Labute approximate surface area is 117 Å². The van der Waals surface area contributed by atoms with E-state index in [4.69, 9.17) is 5.73 Å². The van der Waals surface area contributed by atoms with Crippen LogP contribution in [0.15, 0.2) is 29.3 Å². The summed E-state index contributed by atoms with van der Waals surface area (Å²) >= 11 is 0. The molecule has 0 saturated heterocycles. The molecule has 3 nitrogen and oxygen atoms in total. The van der Waals surface area contributed by atoms with Crippen LogP contribution in [0.25, 0.3) is 0 Å². The van der Waals surface area contributed by atoms with Crippen LogP contribution < -0.4 is 11.1 Å². The van der Waals surface area contributed by atoms with E-state index < -0.39 is 0 Å². The van der Waals surface area contributed by atoms with Gasteiger partial charge < -0.3 is 11.1 Å². The molecule has 0 spiro atoms. The van der Waals surface area contributed by atoms with Crippen LogP contribution in [-0.2, 0) is 5.41 Å². The van der Waals surface area contributed by atoms with E-state index >= 15 is 0 Å².